The first kappa shape index (κ1) is 75.6. The number of aliphatic hydroxyl groups excluding tert-OH is 4. The molecule has 1 fully saturated rings. The fourth-order valence-electron chi connectivity index (χ4n) is 8.45. The van der Waals surface area contributed by atoms with Gasteiger partial charge in [-0.3, -0.25) is 24.3 Å². The second-order valence-electron chi connectivity index (χ2n) is 21.0. The Kier molecular flexibility index (Phi) is 36.4. The van der Waals surface area contributed by atoms with Crippen LogP contribution in [0.25, 0.3) is 0 Å². The number of β-amino-alcohol motifs (C(OH)–C–C–N with tert-alkyl or cyclic N) is 1. The first-order valence-corrected chi connectivity index (χ1v) is 32.6. The number of unbranched alkanes of at least 4 members (excludes halogenated alkanes) is 1. The third-order valence-electron chi connectivity index (χ3n) is 13.3. The van der Waals surface area contributed by atoms with Crippen molar-refractivity contribution in [2.45, 2.75) is 109 Å². The summed E-state index contributed by atoms with van der Waals surface area (Å²) in [6, 6.07) is 13.7. The van der Waals surface area contributed by atoms with Crippen molar-refractivity contribution >= 4 is 69.5 Å². The van der Waals surface area contributed by atoms with E-state index in [0.29, 0.717) is 24.3 Å². The molecule has 0 radical (unpaired) electrons. The second-order valence-corrected chi connectivity index (χ2v) is 23.7. The molecule has 0 spiro atoms. The number of piperidine rings is 1. The molecule has 91 heavy (non-hydrogen) atoms. The number of rotatable bonds is 40. The van der Waals surface area contributed by atoms with Crippen molar-refractivity contribution in [1.29, 1.82) is 0 Å². The van der Waals surface area contributed by atoms with E-state index >= 15 is 0 Å². The Hall–Kier alpha value is -7.85. The second kappa shape index (κ2) is 43.8. The van der Waals surface area contributed by atoms with Gasteiger partial charge in [-0.25, -0.2) is 24.0 Å². The highest BCUT2D eigenvalue weighted by Gasteiger charge is 2.42. The number of aromatic nitrogens is 1. The molecule has 1 aromatic heterocycles. The molecule has 1 aliphatic rings. The highest BCUT2D eigenvalue weighted by atomic mass is 33.1. The van der Waals surface area contributed by atoms with Gasteiger partial charge in [-0.05, 0) is 81.3 Å². The van der Waals surface area contributed by atoms with Crippen LogP contribution in [0.4, 0.5) is 9.59 Å². The third-order valence-corrected chi connectivity index (χ3v) is 15.7. The van der Waals surface area contributed by atoms with E-state index in [2.05, 4.69) is 81.8 Å². The molecule has 24 nitrogen and oxygen atoms in total. The number of amides is 4. The summed E-state index contributed by atoms with van der Waals surface area (Å²) in [6.07, 6.45) is 22.3. The van der Waals surface area contributed by atoms with E-state index in [4.69, 9.17) is 28.4 Å². The maximum Gasteiger partial charge on any atom is 0.407 e. The number of nitrogens with one attached hydrogen (secondary N) is 4. The van der Waals surface area contributed by atoms with E-state index in [1.165, 1.54) is 87.4 Å². The SMILES string of the molecule is CC/C=C\C/C=C\C/C=C\C/C=C\C/C=C/CCCC(=O)OCC(C)(C)[C@@H](OC(=O)c1ccccc1OC(=O)c1ccccc1OC(=O)c1cccnc1)C(=O)NCCC(=O)NCCSSCCNC(=O)OCCNC(=O)OCCN1CC(O)[C@@H](O)[C@H](O)C1CO. The Morgan fingerprint density at radius 2 is 1.22 bits per heavy atom. The first-order valence-electron chi connectivity index (χ1n) is 30.1. The molecule has 1 aliphatic heterocycles. The number of esters is 4. The standard InChI is InChI=1S/C65H86N6O18S2/c1-4-5-6-7-8-9-10-11-12-13-14-15-16-17-18-19-20-31-55(75)86-46-65(2,3)58(89-62(81)49-28-22-24-30-53(49)88-61(80)48-27-21-23-29-52(48)87-60(79)47-26-25-33-66-43-47)59(78)68-34-32-54(74)67-36-41-90-91-42-37-70-64(83)84-39-35-69-63(82)85-40-38-71-44-51(73)57(77)56(76)50(71)45-72/h5-6,8-9,11-12,14-15,17-18,21-30,33,43,50-51,56-58,72-73,76-77H,4,7,10,13,16,19-20,31-32,34-42,44-46H2,1-3H3,(H,67,74)(H,68,78)(H,69,82)(H,70,83)/b6-5-,9-8-,12-11-,15-14-,18-17+/t50?,51?,56-,57-,58+/m1/s1. The smallest absolute Gasteiger partial charge is 0.407 e. The zero-order valence-electron chi connectivity index (χ0n) is 51.7. The lowest BCUT2D eigenvalue weighted by Gasteiger charge is -2.42. The van der Waals surface area contributed by atoms with Gasteiger partial charge in [-0.1, -0.05) is 127 Å². The normalized spacial score (nSPS) is 16.4. The Bertz CT molecular complexity index is 2910. The predicted octanol–water partition coefficient (Wildman–Crippen LogP) is 6.75. The molecule has 0 bridgehead atoms. The minimum atomic E-state index is -1.61. The highest BCUT2D eigenvalue weighted by Crippen LogP contribution is 2.30. The lowest BCUT2D eigenvalue weighted by molar-refractivity contribution is -0.153. The quantitative estimate of drug-likeness (QED) is 0.00728. The van der Waals surface area contributed by atoms with Crippen LogP contribution < -0.4 is 30.7 Å². The van der Waals surface area contributed by atoms with Crippen molar-refractivity contribution < 1.29 is 87.2 Å². The van der Waals surface area contributed by atoms with E-state index in [-0.39, 0.29) is 106 Å². The monoisotopic (exact) mass is 1300 g/mol. The van der Waals surface area contributed by atoms with E-state index in [1.54, 1.807) is 26.0 Å². The molecule has 4 amide bonds. The average molecular weight is 1300 g/mol. The fraction of sp³-hybridized carbons (Fsp3) is 0.462. The van der Waals surface area contributed by atoms with Crippen LogP contribution in [0.1, 0.15) is 110 Å². The summed E-state index contributed by atoms with van der Waals surface area (Å²) in [5.41, 5.74) is -1.59. The fourth-order valence-corrected chi connectivity index (χ4v) is 10.3. The summed E-state index contributed by atoms with van der Waals surface area (Å²) in [5.74, 6) is -3.90. The molecular weight excluding hydrogens is 1220 g/mol. The number of benzene rings is 2. The molecule has 26 heteroatoms. The summed E-state index contributed by atoms with van der Waals surface area (Å²) in [4.78, 5) is 110. The van der Waals surface area contributed by atoms with Crippen LogP contribution in [0.5, 0.6) is 11.5 Å². The molecule has 496 valence electrons. The van der Waals surface area contributed by atoms with Crippen molar-refractivity contribution in [3.05, 3.63) is 151 Å². The lowest BCUT2D eigenvalue weighted by atomic mass is 9.86. The van der Waals surface area contributed by atoms with Crippen molar-refractivity contribution in [3.8, 4) is 11.5 Å². The molecule has 2 aromatic carbocycles. The number of para-hydroxylation sites is 2. The lowest BCUT2D eigenvalue weighted by Crippen LogP contribution is -2.63. The zero-order chi connectivity index (χ0) is 66.1. The van der Waals surface area contributed by atoms with Crippen LogP contribution in [0.2, 0.25) is 0 Å². The Labute approximate surface area is 539 Å². The number of carbonyl (C=O) groups is 8. The van der Waals surface area contributed by atoms with Crippen molar-refractivity contribution in [2.24, 2.45) is 5.41 Å². The molecule has 0 aliphatic carbocycles. The maximum absolute atomic E-state index is 14.1. The third kappa shape index (κ3) is 29.8. The molecule has 4 rings (SSSR count). The minimum absolute atomic E-state index is 0.0348. The van der Waals surface area contributed by atoms with Gasteiger partial charge in [0.25, 0.3) is 5.91 Å². The number of nitrogens with zero attached hydrogens (tertiary/aromatic N) is 2. The van der Waals surface area contributed by atoms with Crippen molar-refractivity contribution in [3.63, 3.8) is 0 Å². The maximum atomic E-state index is 14.1. The summed E-state index contributed by atoms with van der Waals surface area (Å²) in [7, 11) is 2.87. The van der Waals surface area contributed by atoms with Crippen LogP contribution in [0, 0.1) is 5.41 Å². The number of hydrogen-bond donors (Lipinski definition) is 8. The average Bonchev–Trinajstić information content (AvgIpc) is 1.22. The topological polar surface area (TPSA) is 337 Å². The minimum Gasteiger partial charge on any atom is -0.465 e. The van der Waals surface area contributed by atoms with Crippen LogP contribution in [-0.4, -0.2) is 186 Å². The van der Waals surface area contributed by atoms with E-state index in [1.807, 2.05) is 12.2 Å². The van der Waals surface area contributed by atoms with Gasteiger partial charge in [-0.2, -0.15) is 0 Å². The highest BCUT2D eigenvalue weighted by molar-refractivity contribution is 8.76. The summed E-state index contributed by atoms with van der Waals surface area (Å²) >= 11 is 0. The largest absolute Gasteiger partial charge is 0.465 e. The number of aliphatic hydroxyl groups is 4. The van der Waals surface area contributed by atoms with Crippen molar-refractivity contribution in [2.75, 3.05) is 77.2 Å². The molecule has 3 aromatic rings. The number of hydrogen-bond acceptors (Lipinski definition) is 22. The Morgan fingerprint density at radius 3 is 1.84 bits per heavy atom. The van der Waals surface area contributed by atoms with Crippen LogP contribution in [0.15, 0.2) is 134 Å². The van der Waals surface area contributed by atoms with Gasteiger partial charge < -0.3 is 70.1 Å². The van der Waals surface area contributed by atoms with Gasteiger partial charge in [0.15, 0.2) is 6.10 Å². The van der Waals surface area contributed by atoms with Gasteiger partial charge in [0.2, 0.25) is 5.91 Å². The number of pyridine rings is 1. The number of alkyl carbamates (subject to hydrolysis) is 2. The number of allylic oxidation sites excluding steroid dienone is 10. The molecule has 2 unspecified atom stereocenters. The first-order chi connectivity index (χ1) is 43.9. The van der Waals surface area contributed by atoms with Crippen LogP contribution in [-0.2, 0) is 33.3 Å². The Morgan fingerprint density at radius 1 is 0.648 bits per heavy atom. The molecular formula is C65H86N6O18S2. The van der Waals surface area contributed by atoms with E-state index in [0.717, 1.165) is 32.1 Å². The molecule has 8 N–H and O–H groups in total. The number of carbonyl (C=O) groups excluding carboxylic acids is 8. The predicted molar refractivity (Wildman–Crippen MR) is 344 cm³/mol. The summed E-state index contributed by atoms with van der Waals surface area (Å²) in [5, 5.41) is 49.9. The molecule has 1 saturated heterocycles. The van der Waals surface area contributed by atoms with Crippen LogP contribution >= 0.6 is 21.6 Å². The molecule has 5 atom stereocenters. The van der Waals surface area contributed by atoms with E-state index in [9.17, 15) is 58.8 Å². The van der Waals surface area contributed by atoms with Crippen molar-refractivity contribution in [1.82, 2.24) is 31.2 Å². The number of ether oxygens (including phenoxy) is 6. The number of likely N-dealkylation sites (tertiary alicyclic amines) is 1. The van der Waals surface area contributed by atoms with Gasteiger partial charge in [-0.15, -0.1) is 0 Å². The summed E-state index contributed by atoms with van der Waals surface area (Å²) in [6.45, 7) is 4.53. The molecule has 0 saturated carbocycles. The van der Waals surface area contributed by atoms with Gasteiger partial charge in [0, 0.05) is 74.9 Å². The van der Waals surface area contributed by atoms with Gasteiger partial charge in [0.05, 0.1) is 30.9 Å². The van der Waals surface area contributed by atoms with E-state index < -0.39 is 84.5 Å². The van der Waals surface area contributed by atoms with Gasteiger partial charge >= 0.3 is 36.1 Å². The van der Waals surface area contributed by atoms with Gasteiger partial charge in [0.1, 0.15) is 54.7 Å². The Balaban J connectivity index is 1.22. The summed E-state index contributed by atoms with van der Waals surface area (Å²) < 4.78 is 32.9. The molecule has 2 heterocycles. The zero-order valence-corrected chi connectivity index (χ0v) is 53.3. The van der Waals surface area contributed by atoms with Crippen LogP contribution in [0.3, 0.4) is 0 Å².